The Kier molecular flexibility index (Phi) is 6.38. The van der Waals surface area contributed by atoms with Crippen molar-refractivity contribution in [2.24, 2.45) is 5.92 Å². The molecule has 1 heterocycles. The number of urea groups is 1. The third-order valence-electron chi connectivity index (χ3n) is 4.06. The molecule has 0 saturated carbocycles. The highest BCUT2D eigenvalue weighted by atomic mass is 19.1. The molecule has 0 aromatic heterocycles. The molecule has 1 aliphatic heterocycles. The van der Waals surface area contributed by atoms with E-state index in [1.165, 1.54) is 12.1 Å². The average Bonchev–Trinajstić information content (AvgIpc) is 2.56. The summed E-state index contributed by atoms with van der Waals surface area (Å²) >= 11 is 0. The summed E-state index contributed by atoms with van der Waals surface area (Å²) in [6.07, 6.45) is 3.18. The van der Waals surface area contributed by atoms with Crippen LogP contribution in [0, 0.1) is 11.7 Å². The van der Waals surface area contributed by atoms with Crippen molar-refractivity contribution in [2.75, 3.05) is 25.0 Å². The number of benzene rings is 1. The van der Waals surface area contributed by atoms with Crippen molar-refractivity contribution in [3.8, 4) is 0 Å². The van der Waals surface area contributed by atoms with E-state index in [2.05, 4.69) is 10.6 Å². The molecule has 5 nitrogen and oxygen atoms in total. The zero-order valence-corrected chi connectivity index (χ0v) is 13.5. The van der Waals surface area contributed by atoms with Crippen LogP contribution >= 0.6 is 0 Å². The Bertz CT molecular complexity index is 525. The molecule has 0 unspecified atom stereocenters. The second kappa shape index (κ2) is 8.50. The van der Waals surface area contributed by atoms with E-state index in [1.54, 1.807) is 17.0 Å². The molecule has 0 spiro atoms. The summed E-state index contributed by atoms with van der Waals surface area (Å²) in [6, 6.07) is 5.57. The Morgan fingerprint density at radius 2 is 1.87 bits per heavy atom. The van der Waals surface area contributed by atoms with Gasteiger partial charge in [0.05, 0.1) is 0 Å². The van der Waals surface area contributed by atoms with Gasteiger partial charge < -0.3 is 15.5 Å². The first-order chi connectivity index (χ1) is 11.1. The molecule has 6 heteroatoms. The minimum absolute atomic E-state index is 0.101. The number of hydrogen-bond donors (Lipinski definition) is 2. The molecule has 0 bridgehead atoms. The van der Waals surface area contributed by atoms with Crippen LogP contribution in [-0.2, 0) is 4.79 Å². The number of hydrogen-bond acceptors (Lipinski definition) is 2. The predicted molar refractivity (Wildman–Crippen MR) is 87.6 cm³/mol. The molecule has 1 fully saturated rings. The maximum absolute atomic E-state index is 12.8. The molecule has 0 atom stereocenters. The lowest BCUT2D eigenvalue weighted by Crippen LogP contribution is -2.43. The average molecular weight is 321 g/mol. The van der Waals surface area contributed by atoms with Crippen molar-refractivity contribution >= 4 is 17.6 Å². The zero-order chi connectivity index (χ0) is 16.7. The Balaban J connectivity index is 1.72. The SMILES string of the molecule is CCCC(=O)NCC1CCN(C(=O)Nc2ccc(F)cc2)CC1. The third kappa shape index (κ3) is 5.54. The fourth-order valence-corrected chi connectivity index (χ4v) is 2.65. The lowest BCUT2D eigenvalue weighted by atomic mass is 9.97. The number of carbonyl (C=O) groups excluding carboxylic acids is 2. The molecule has 0 radical (unpaired) electrons. The van der Waals surface area contributed by atoms with Gasteiger partial charge in [-0.1, -0.05) is 6.92 Å². The van der Waals surface area contributed by atoms with Gasteiger partial charge in [-0.15, -0.1) is 0 Å². The highest BCUT2D eigenvalue weighted by Gasteiger charge is 2.23. The van der Waals surface area contributed by atoms with Gasteiger partial charge in [0.2, 0.25) is 5.91 Å². The minimum Gasteiger partial charge on any atom is -0.356 e. The van der Waals surface area contributed by atoms with Crippen LogP contribution in [-0.4, -0.2) is 36.5 Å². The van der Waals surface area contributed by atoms with Gasteiger partial charge in [-0.25, -0.2) is 9.18 Å². The minimum atomic E-state index is -0.325. The number of nitrogens with zero attached hydrogens (tertiary/aromatic N) is 1. The van der Waals surface area contributed by atoms with Crippen molar-refractivity contribution in [2.45, 2.75) is 32.6 Å². The molecule has 1 aromatic carbocycles. The van der Waals surface area contributed by atoms with Gasteiger partial charge in [-0.3, -0.25) is 4.79 Å². The number of piperidine rings is 1. The number of likely N-dealkylation sites (tertiary alicyclic amines) is 1. The number of rotatable bonds is 5. The highest BCUT2D eigenvalue weighted by Crippen LogP contribution is 2.18. The summed E-state index contributed by atoms with van der Waals surface area (Å²) in [7, 11) is 0. The lowest BCUT2D eigenvalue weighted by Gasteiger charge is -2.32. The number of carbonyl (C=O) groups is 2. The first kappa shape index (κ1) is 17.2. The van der Waals surface area contributed by atoms with Crippen LogP contribution < -0.4 is 10.6 Å². The molecule has 1 aromatic rings. The van der Waals surface area contributed by atoms with E-state index in [0.29, 0.717) is 37.7 Å². The van der Waals surface area contributed by atoms with Crippen molar-refractivity contribution < 1.29 is 14.0 Å². The van der Waals surface area contributed by atoms with Crippen molar-refractivity contribution in [1.29, 1.82) is 0 Å². The molecule has 1 aliphatic rings. The monoisotopic (exact) mass is 321 g/mol. The first-order valence-electron chi connectivity index (χ1n) is 8.16. The van der Waals surface area contributed by atoms with Gasteiger partial charge in [0, 0.05) is 31.7 Å². The number of nitrogens with one attached hydrogen (secondary N) is 2. The molecule has 2 N–H and O–H groups in total. The molecule has 2 rings (SSSR count). The van der Waals surface area contributed by atoms with Gasteiger partial charge >= 0.3 is 6.03 Å². The summed E-state index contributed by atoms with van der Waals surface area (Å²) < 4.78 is 12.8. The second-order valence-electron chi connectivity index (χ2n) is 5.92. The summed E-state index contributed by atoms with van der Waals surface area (Å²) in [5.74, 6) is 0.198. The molecule has 1 saturated heterocycles. The lowest BCUT2D eigenvalue weighted by molar-refractivity contribution is -0.121. The van der Waals surface area contributed by atoms with Crippen molar-refractivity contribution in [3.63, 3.8) is 0 Å². The van der Waals surface area contributed by atoms with Crippen LogP contribution in [0.5, 0.6) is 0 Å². The standard InChI is InChI=1S/C17H24FN3O2/c1-2-3-16(22)19-12-13-8-10-21(11-9-13)17(23)20-15-6-4-14(18)5-7-15/h4-7,13H,2-3,8-12H2,1H3,(H,19,22)(H,20,23). The van der Waals surface area contributed by atoms with Crippen LogP contribution in [0.4, 0.5) is 14.9 Å². The highest BCUT2D eigenvalue weighted by molar-refractivity contribution is 5.89. The van der Waals surface area contributed by atoms with Crippen LogP contribution in [0.15, 0.2) is 24.3 Å². The predicted octanol–water partition coefficient (Wildman–Crippen LogP) is 2.99. The topological polar surface area (TPSA) is 61.4 Å². The Morgan fingerprint density at radius 1 is 1.22 bits per heavy atom. The fraction of sp³-hybridized carbons (Fsp3) is 0.529. The molecule has 126 valence electrons. The second-order valence-corrected chi connectivity index (χ2v) is 5.92. The molecule has 0 aliphatic carbocycles. The van der Waals surface area contributed by atoms with E-state index in [4.69, 9.17) is 0 Å². The number of halogens is 1. The number of amides is 3. The molecular weight excluding hydrogens is 297 g/mol. The summed E-state index contributed by atoms with van der Waals surface area (Å²) in [6.45, 7) is 4.01. The quantitative estimate of drug-likeness (QED) is 0.876. The summed E-state index contributed by atoms with van der Waals surface area (Å²) in [5, 5.41) is 5.72. The van der Waals surface area contributed by atoms with E-state index in [1.807, 2.05) is 6.92 Å². The van der Waals surface area contributed by atoms with Gasteiger partial charge in [0.15, 0.2) is 0 Å². The Hall–Kier alpha value is -2.11. The molecule has 23 heavy (non-hydrogen) atoms. The van der Waals surface area contributed by atoms with Gasteiger partial charge in [0.1, 0.15) is 5.82 Å². The van der Waals surface area contributed by atoms with Crippen LogP contribution in [0.2, 0.25) is 0 Å². The summed E-state index contributed by atoms with van der Waals surface area (Å²) in [4.78, 5) is 25.4. The van der Waals surface area contributed by atoms with Crippen molar-refractivity contribution in [3.05, 3.63) is 30.1 Å². The van der Waals surface area contributed by atoms with Gasteiger partial charge in [-0.2, -0.15) is 0 Å². The van der Waals surface area contributed by atoms with Crippen LogP contribution in [0.3, 0.4) is 0 Å². The summed E-state index contributed by atoms with van der Waals surface area (Å²) in [5.41, 5.74) is 0.588. The van der Waals surface area contributed by atoms with E-state index in [-0.39, 0.29) is 17.8 Å². The molecular formula is C17H24FN3O2. The normalized spacial score (nSPS) is 15.3. The van der Waals surface area contributed by atoms with E-state index in [9.17, 15) is 14.0 Å². The van der Waals surface area contributed by atoms with Crippen LogP contribution in [0.25, 0.3) is 0 Å². The van der Waals surface area contributed by atoms with E-state index < -0.39 is 0 Å². The number of anilines is 1. The zero-order valence-electron chi connectivity index (χ0n) is 13.5. The van der Waals surface area contributed by atoms with E-state index >= 15 is 0 Å². The third-order valence-corrected chi connectivity index (χ3v) is 4.06. The molecule has 3 amide bonds. The first-order valence-corrected chi connectivity index (χ1v) is 8.16. The maximum atomic E-state index is 12.8. The Morgan fingerprint density at radius 3 is 2.48 bits per heavy atom. The van der Waals surface area contributed by atoms with Gasteiger partial charge in [0.25, 0.3) is 0 Å². The Labute approximate surface area is 136 Å². The maximum Gasteiger partial charge on any atom is 0.321 e. The largest absolute Gasteiger partial charge is 0.356 e. The fourth-order valence-electron chi connectivity index (χ4n) is 2.65. The van der Waals surface area contributed by atoms with Crippen LogP contribution in [0.1, 0.15) is 32.6 Å². The smallest absolute Gasteiger partial charge is 0.321 e. The van der Waals surface area contributed by atoms with Crippen molar-refractivity contribution in [1.82, 2.24) is 10.2 Å². The van der Waals surface area contributed by atoms with Gasteiger partial charge in [-0.05, 0) is 49.4 Å². The van der Waals surface area contributed by atoms with E-state index in [0.717, 1.165) is 19.3 Å².